The van der Waals surface area contributed by atoms with E-state index in [2.05, 4.69) is 16.7 Å². The highest BCUT2D eigenvalue weighted by Gasteiger charge is 1.99. The molecule has 0 unspecified atom stereocenters. The van der Waals surface area contributed by atoms with Crippen molar-refractivity contribution in [3.63, 3.8) is 0 Å². The lowest BCUT2D eigenvalue weighted by Crippen LogP contribution is -1.93. The van der Waals surface area contributed by atoms with Crippen molar-refractivity contribution in [1.82, 2.24) is 0 Å². The third kappa shape index (κ3) is 21.6. The average Bonchev–Trinajstić information content (AvgIpc) is 2.53. The Balaban J connectivity index is 2.96. The van der Waals surface area contributed by atoms with Crippen molar-refractivity contribution >= 4 is 16.2 Å². The Hall–Kier alpha value is -0.443. The molecule has 0 aromatic carbocycles. The van der Waals surface area contributed by atoms with Gasteiger partial charge in [-0.3, -0.25) is 4.79 Å². The summed E-state index contributed by atoms with van der Waals surface area (Å²) in [6.07, 6.45) is 23.5. The van der Waals surface area contributed by atoms with Crippen LogP contribution in [0.3, 0.4) is 0 Å². The van der Waals surface area contributed by atoms with Gasteiger partial charge in [-0.15, -0.1) is 0 Å². The number of rotatable bonds is 19. The minimum absolute atomic E-state index is 0.342. The first-order valence-electron chi connectivity index (χ1n) is 9.95. The molecule has 0 aliphatic rings. The standard InChI is InChI=1S/C20H37O2Si/c21-20(22)18-16-14-12-10-8-6-4-2-1-3-5-7-9-11-13-15-17-19-23/h11H,1-10,12-19H2/p+1. The molecule has 0 saturated heterocycles. The third-order valence-corrected chi connectivity index (χ3v) is 4.74. The van der Waals surface area contributed by atoms with Gasteiger partial charge in [-0.1, -0.05) is 70.3 Å². The molecule has 3 radical (unpaired) electrons. The zero-order chi connectivity index (χ0) is 17.0. The van der Waals surface area contributed by atoms with E-state index < -0.39 is 5.97 Å². The van der Waals surface area contributed by atoms with Crippen LogP contribution in [0.1, 0.15) is 109 Å². The predicted octanol–water partition coefficient (Wildman–Crippen LogP) is 6.49. The van der Waals surface area contributed by atoms with Gasteiger partial charge in [-0.2, -0.15) is 0 Å². The molecule has 0 aliphatic heterocycles. The Morgan fingerprint density at radius 3 is 1.48 bits per heavy atom. The van der Waals surface area contributed by atoms with Crippen LogP contribution in [0, 0.1) is 6.42 Å². The molecule has 133 valence electrons. The molecule has 3 heteroatoms. The van der Waals surface area contributed by atoms with Gasteiger partial charge < -0.3 is 5.11 Å². The molecule has 0 spiro atoms. The number of hydrogen-bond acceptors (Lipinski definition) is 1. The monoisotopic (exact) mass is 338 g/mol. The van der Waals surface area contributed by atoms with Crippen LogP contribution in [-0.4, -0.2) is 21.3 Å². The SMILES string of the molecule is O=C(O)CCCCCCCCCCCCCC[CH+]CCCC[Si]. The molecule has 0 rings (SSSR count). The van der Waals surface area contributed by atoms with E-state index in [1.165, 1.54) is 89.9 Å². The van der Waals surface area contributed by atoms with Crippen LogP contribution in [0.5, 0.6) is 0 Å². The third-order valence-electron chi connectivity index (χ3n) is 4.38. The molecule has 0 heterocycles. The van der Waals surface area contributed by atoms with Crippen molar-refractivity contribution in [3.8, 4) is 0 Å². The number of carboxylic acid groups (broad SMARTS) is 1. The fourth-order valence-corrected chi connectivity index (χ4v) is 3.14. The summed E-state index contributed by atoms with van der Waals surface area (Å²) >= 11 is 0. The zero-order valence-corrected chi connectivity index (χ0v) is 16.2. The summed E-state index contributed by atoms with van der Waals surface area (Å²) in [5.41, 5.74) is 0. The highest BCUT2D eigenvalue weighted by molar-refractivity contribution is 6.08. The molecular formula is C20H38O2Si+. The molecule has 0 aromatic heterocycles. The Morgan fingerprint density at radius 1 is 0.652 bits per heavy atom. The number of carboxylic acids is 1. The molecular weight excluding hydrogens is 300 g/mol. The summed E-state index contributed by atoms with van der Waals surface area (Å²) < 4.78 is 0. The lowest BCUT2D eigenvalue weighted by molar-refractivity contribution is -0.137. The Morgan fingerprint density at radius 2 is 1.04 bits per heavy atom. The molecule has 0 aromatic rings. The molecule has 0 amide bonds. The minimum atomic E-state index is -0.655. The molecule has 23 heavy (non-hydrogen) atoms. The van der Waals surface area contributed by atoms with Crippen LogP contribution in [0.4, 0.5) is 0 Å². The van der Waals surface area contributed by atoms with Crippen molar-refractivity contribution in [2.75, 3.05) is 0 Å². The van der Waals surface area contributed by atoms with Crippen molar-refractivity contribution in [2.24, 2.45) is 0 Å². The van der Waals surface area contributed by atoms with Crippen LogP contribution < -0.4 is 0 Å². The Kier molecular flexibility index (Phi) is 19.2. The van der Waals surface area contributed by atoms with E-state index in [-0.39, 0.29) is 0 Å². The van der Waals surface area contributed by atoms with Gasteiger partial charge >= 0.3 is 5.97 Å². The van der Waals surface area contributed by atoms with Crippen molar-refractivity contribution in [1.29, 1.82) is 0 Å². The first-order valence-corrected chi connectivity index (χ1v) is 10.7. The van der Waals surface area contributed by atoms with E-state index in [0.29, 0.717) is 6.42 Å². The van der Waals surface area contributed by atoms with Crippen molar-refractivity contribution < 1.29 is 9.90 Å². The molecule has 0 saturated carbocycles. The first-order chi connectivity index (χ1) is 11.3. The molecule has 0 atom stereocenters. The summed E-state index contributed by atoms with van der Waals surface area (Å²) in [6.45, 7) is 0. The highest BCUT2D eigenvalue weighted by Crippen LogP contribution is 2.14. The van der Waals surface area contributed by atoms with E-state index in [4.69, 9.17) is 5.11 Å². The molecule has 0 fully saturated rings. The van der Waals surface area contributed by atoms with Gasteiger partial charge in [0.25, 0.3) is 0 Å². The normalized spacial score (nSPS) is 10.8. The number of aliphatic carboxylic acids is 1. The summed E-state index contributed by atoms with van der Waals surface area (Å²) in [6, 6.07) is 1.14. The van der Waals surface area contributed by atoms with Gasteiger partial charge in [0, 0.05) is 16.7 Å². The molecule has 0 bridgehead atoms. The van der Waals surface area contributed by atoms with Gasteiger partial charge in [0.1, 0.15) is 0 Å². The number of hydrogen-bond donors (Lipinski definition) is 1. The maximum Gasteiger partial charge on any atom is 0.303 e. The van der Waals surface area contributed by atoms with Gasteiger partial charge in [-0.25, -0.2) is 0 Å². The smallest absolute Gasteiger partial charge is 0.303 e. The number of unbranched alkanes of at least 4 members (excludes halogenated alkanes) is 16. The lowest BCUT2D eigenvalue weighted by Gasteiger charge is -2.02. The second-order valence-electron chi connectivity index (χ2n) is 6.71. The maximum absolute atomic E-state index is 10.4. The summed E-state index contributed by atoms with van der Waals surface area (Å²) in [4.78, 5) is 10.4. The maximum atomic E-state index is 10.4. The second kappa shape index (κ2) is 19.6. The van der Waals surface area contributed by atoms with Gasteiger partial charge in [0.05, 0.1) is 19.3 Å². The van der Waals surface area contributed by atoms with E-state index in [0.717, 1.165) is 18.9 Å². The largest absolute Gasteiger partial charge is 0.481 e. The predicted molar refractivity (Wildman–Crippen MR) is 101 cm³/mol. The fourth-order valence-electron chi connectivity index (χ4n) is 2.89. The van der Waals surface area contributed by atoms with Crippen LogP contribution in [0.25, 0.3) is 0 Å². The van der Waals surface area contributed by atoms with Crippen LogP contribution in [-0.2, 0) is 4.79 Å². The van der Waals surface area contributed by atoms with Crippen LogP contribution in [0.15, 0.2) is 0 Å². The molecule has 0 aliphatic carbocycles. The van der Waals surface area contributed by atoms with Gasteiger partial charge in [0.15, 0.2) is 0 Å². The number of carbonyl (C=O) groups is 1. The topological polar surface area (TPSA) is 37.3 Å². The summed E-state index contributed by atoms with van der Waals surface area (Å²) in [7, 11) is 3.51. The Bertz CT molecular complexity index is 244. The van der Waals surface area contributed by atoms with Crippen molar-refractivity contribution in [3.05, 3.63) is 6.42 Å². The second-order valence-corrected chi connectivity index (χ2v) is 7.21. The van der Waals surface area contributed by atoms with Gasteiger partial charge in [0.2, 0.25) is 0 Å². The van der Waals surface area contributed by atoms with Crippen LogP contribution in [0.2, 0.25) is 6.04 Å². The lowest BCUT2D eigenvalue weighted by atomic mass is 10.0. The average molecular weight is 339 g/mol. The highest BCUT2D eigenvalue weighted by atomic mass is 28.1. The van der Waals surface area contributed by atoms with E-state index in [1.807, 2.05) is 0 Å². The van der Waals surface area contributed by atoms with Gasteiger partial charge in [-0.05, 0) is 25.7 Å². The first kappa shape index (κ1) is 22.6. The fraction of sp³-hybridized carbons (Fsp3) is 0.900. The molecule has 2 nitrogen and oxygen atoms in total. The minimum Gasteiger partial charge on any atom is -0.481 e. The van der Waals surface area contributed by atoms with E-state index in [9.17, 15) is 4.79 Å². The quantitative estimate of drug-likeness (QED) is 0.166. The van der Waals surface area contributed by atoms with E-state index >= 15 is 0 Å². The molecule has 1 N–H and O–H groups in total. The summed E-state index contributed by atoms with van der Waals surface area (Å²) in [5.74, 6) is -0.655. The van der Waals surface area contributed by atoms with Crippen LogP contribution >= 0.6 is 0 Å². The van der Waals surface area contributed by atoms with E-state index in [1.54, 1.807) is 0 Å². The Labute approximate surface area is 148 Å². The summed E-state index contributed by atoms with van der Waals surface area (Å²) in [5, 5.41) is 8.55. The van der Waals surface area contributed by atoms with Crippen molar-refractivity contribution in [2.45, 2.75) is 115 Å². The zero-order valence-electron chi connectivity index (χ0n) is 15.2.